The zero-order chi connectivity index (χ0) is 22.7. The standard InChI is InChI=1S/C25H28F3N3O/c1-2-11-29-24(32)21-16-19-15-20(25(26,27)28)8-9-22(19)31-14-13-30(17-23(21)31)12-10-18-6-4-3-5-7-18/h2-9,15,21,23H,1,10-14,16-17H2,(H,29,32)/t21-,23+/m0/s1. The van der Waals surface area contributed by atoms with E-state index in [1.165, 1.54) is 11.6 Å². The molecule has 2 heterocycles. The van der Waals surface area contributed by atoms with Crippen molar-refractivity contribution < 1.29 is 18.0 Å². The molecular weight excluding hydrogens is 415 g/mol. The van der Waals surface area contributed by atoms with E-state index in [2.05, 4.69) is 33.8 Å². The summed E-state index contributed by atoms with van der Waals surface area (Å²) in [6.07, 6.45) is -1.56. The summed E-state index contributed by atoms with van der Waals surface area (Å²) >= 11 is 0. The molecule has 0 radical (unpaired) electrons. The monoisotopic (exact) mass is 443 g/mol. The first-order chi connectivity index (χ1) is 15.4. The SMILES string of the molecule is C=CCNC(=O)[C@H]1Cc2cc(C(F)(F)F)ccc2N2CCN(CCc3ccccc3)C[C@H]12. The summed E-state index contributed by atoms with van der Waals surface area (Å²) in [5.74, 6) is -0.543. The number of halogens is 3. The highest BCUT2D eigenvalue weighted by Crippen LogP contribution is 2.39. The zero-order valence-electron chi connectivity index (χ0n) is 17.9. The zero-order valence-corrected chi connectivity index (χ0v) is 17.9. The van der Waals surface area contributed by atoms with Crippen LogP contribution in [0.15, 0.2) is 61.2 Å². The van der Waals surface area contributed by atoms with Crippen LogP contribution in [-0.2, 0) is 23.8 Å². The smallest absolute Gasteiger partial charge is 0.365 e. The number of benzene rings is 2. The van der Waals surface area contributed by atoms with Crippen molar-refractivity contribution in [2.24, 2.45) is 5.92 Å². The lowest BCUT2D eigenvalue weighted by Crippen LogP contribution is -2.61. The lowest BCUT2D eigenvalue weighted by atomic mass is 9.82. The van der Waals surface area contributed by atoms with Crippen molar-refractivity contribution in [2.45, 2.75) is 25.1 Å². The second-order valence-electron chi connectivity index (χ2n) is 8.48. The Hall–Kier alpha value is -2.80. The van der Waals surface area contributed by atoms with Crippen LogP contribution in [-0.4, -0.2) is 49.6 Å². The maximum Gasteiger partial charge on any atom is 0.416 e. The minimum absolute atomic E-state index is 0.0754. The number of carbonyl (C=O) groups excluding carboxylic acids is 1. The molecule has 2 aromatic rings. The van der Waals surface area contributed by atoms with Gasteiger partial charge in [0.25, 0.3) is 0 Å². The molecule has 2 aliphatic heterocycles. The molecule has 2 atom stereocenters. The number of piperazine rings is 1. The Kier molecular flexibility index (Phi) is 6.55. The highest BCUT2D eigenvalue weighted by atomic mass is 19.4. The molecule has 2 aromatic carbocycles. The summed E-state index contributed by atoms with van der Waals surface area (Å²) < 4.78 is 39.8. The number of carbonyl (C=O) groups is 1. The normalized spacial score (nSPS) is 20.9. The Morgan fingerprint density at radius 3 is 2.66 bits per heavy atom. The van der Waals surface area contributed by atoms with Crippen LogP contribution in [0.25, 0.3) is 0 Å². The van der Waals surface area contributed by atoms with Crippen molar-refractivity contribution in [2.75, 3.05) is 37.6 Å². The van der Waals surface area contributed by atoms with Crippen LogP contribution in [0.2, 0.25) is 0 Å². The average Bonchev–Trinajstić information content (AvgIpc) is 2.80. The number of nitrogens with one attached hydrogen (secondary N) is 1. The van der Waals surface area contributed by atoms with Crippen molar-refractivity contribution in [3.8, 4) is 0 Å². The quantitative estimate of drug-likeness (QED) is 0.688. The summed E-state index contributed by atoms with van der Waals surface area (Å²) in [5, 5.41) is 2.86. The molecule has 170 valence electrons. The molecule has 32 heavy (non-hydrogen) atoms. The second-order valence-corrected chi connectivity index (χ2v) is 8.48. The van der Waals surface area contributed by atoms with E-state index in [4.69, 9.17) is 0 Å². The van der Waals surface area contributed by atoms with Gasteiger partial charge in [-0.25, -0.2) is 0 Å². The van der Waals surface area contributed by atoms with E-state index in [1.807, 2.05) is 18.2 Å². The van der Waals surface area contributed by atoms with Crippen LogP contribution < -0.4 is 10.2 Å². The largest absolute Gasteiger partial charge is 0.416 e. The van der Waals surface area contributed by atoms with E-state index in [1.54, 1.807) is 12.1 Å². The van der Waals surface area contributed by atoms with Crippen molar-refractivity contribution in [3.63, 3.8) is 0 Å². The van der Waals surface area contributed by atoms with Gasteiger partial charge < -0.3 is 10.2 Å². The van der Waals surface area contributed by atoms with Crippen LogP contribution >= 0.6 is 0 Å². The van der Waals surface area contributed by atoms with E-state index in [0.29, 0.717) is 31.6 Å². The minimum atomic E-state index is -4.40. The average molecular weight is 444 g/mol. The van der Waals surface area contributed by atoms with Gasteiger partial charge in [-0.2, -0.15) is 13.2 Å². The van der Waals surface area contributed by atoms with Crippen molar-refractivity contribution >= 4 is 11.6 Å². The van der Waals surface area contributed by atoms with Crippen molar-refractivity contribution in [1.29, 1.82) is 0 Å². The molecule has 0 bridgehead atoms. The Balaban J connectivity index is 1.56. The van der Waals surface area contributed by atoms with Gasteiger partial charge in [-0.15, -0.1) is 6.58 Å². The molecular formula is C25H28F3N3O. The molecule has 1 saturated heterocycles. The van der Waals surface area contributed by atoms with Gasteiger partial charge in [0, 0.05) is 38.4 Å². The van der Waals surface area contributed by atoms with Crippen LogP contribution in [0.5, 0.6) is 0 Å². The number of alkyl halides is 3. The van der Waals surface area contributed by atoms with Gasteiger partial charge in [0.2, 0.25) is 5.91 Å². The van der Waals surface area contributed by atoms with Crippen LogP contribution in [0, 0.1) is 5.92 Å². The van der Waals surface area contributed by atoms with Gasteiger partial charge in [-0.1, -0.05) is 36.4 Å². The van der Waals surface area contributed by atoms with Gasteiger partial charge in [0.15, 0.2) is 0 Å². The van der Waals surface area contributed by atoms with E-state index in [9.17, 15) is 18.0 Å². The Bertz CT molecular complexity index is 961. The van der Waals surface area contributed by atoms with Crippen LogP contribution in [0.3, 0.4) is 0 Å². The maximum absolute atomic E-state index is 13.3. The Morgan fingerprint density at radius 1 is 1.16 bits per heavy atom. The molecule has 0 saturated carbocycles. The van der Waals surface area contributed by atoms with E-state index < -0.39 is 17.7 Å². The lowest BCUT2D eigenvalue weighted by Gasteiger charge is -2.49. The third-order valence-corrected chi connectivity index (χ3v) is 6.44. The minimum Gasteiger partial charge on any atom is -0.365 e. The molecule has 0 unspecified atom stereocenters. The molecule has 0 spiro atoms. The second kappa shape index (κ2) is 9.36. The highest BCUT2D eigenvalue weighted by Gasteiger charge is 2.42. The molecule has 0 aromatic heterocycles. The number of hydrogen-bond donors (Lipinski definition) is 1. The lowest BCUT2D eigenvalue weighted by molar-refractivity contribution is -0.137. The fourth-order valence-electron chi connectivity index (χ4n) is 4.80. The topological polar surface area (TPSA) is 35.6 Å². The Morgan fingerprint density at radius 2 is 1.94 bits per heavy atom. The summed E-state index contributed by atoms with van der Waals surface area (Å²) in [7, 11) is 0. The van der Waals surface area contributed by atoms with Crippen molar-refractivity contribution in [1.82, 2.24) is 10.2 Å². The third kappa shape index (κ3) is 4.83. The van der Waals surface area contributed by atoms with E-state index in [0.717, 1.165) is 31.3 Å². The van der Waals surface area contributed by atoms with Gasteiger partial charge in [0.05, 0.1) is 17.5 Å². The number of fused-ring (bicyclic) bond motifs is 3. The van der Waals surface area contributed by atoms with Crippen LogP contribution in [0.1, 0.15) is 16.7 Å². The van der Waals surface area contributed by atoms with Crippen molar-refractivity contribution in [3.05, 3.63) is 77.9 Å². The van der Waals surface area contributed by atoms with Crippen LogP contribution in [0.4, 0.5) is 18.9 Å². The number of rotatable bonds is 6. The fourth-order valence-corrected chi connectivity index (χ4v) is 4.80. The van der Waals surface area contributed by atoms with Gasteiger partial charge in [0.1, 0.15) is 0 Å². The molecule has 4 nitrogen and oxygen atoms in total. The van der Waals surface area contributed by atoms with Gasteiger partial charge >= 0.3 is 6.18 Å². The van der Waals surface area contributed by atoms with E-state index in [-0.39, 0.29) is 11.9 Å². The summed E-state index contributed by atoms with van der Waals surface area (Å²) in [4.78, 5) is 17.5. The maximum atomic E-state index is 13.3. The first kappa shape index (κ1) is 22.4. The first-order valence-electron chi connectivity index (χ1n) is 11.0. The number of anilines is 1. The number of nitrogens with zero attached hydrogens (tertiary/aromatic N) is 2. The summed E-state index contributed by atoms with van der Waals surface area (Å²) in [5.41, 5.74) is 2.01. The molecule has 1 N–H and O–H groups in total. The number of hydrogen-bond acceptors (Lipinski definition) is 3. The predicted molar refractivity (Wildman–Crippen MR) is 120 cm³/mol. The van der Waals surface area contributed by atoms with E-state index >= 15 is 0 Å². The third-order valence-electron chi connectivity index (χ3n) is 6.44. The van der Waals surface area contributed by atoms with Gasteiger partial charge in [-0.3, -0.25) is 9.69 Å². The fraction of sp³-hybridized carbons (Fsp3) is 0.400. The first-order valence-corrected chi connectivity index (χ1v) is 11.0. The highest BCUT2D eigenvalue weighted by molar-refractivity contribution is 5.82. The molecule has 1 amide bonds. The summed E-state index contributed by atoms with van der Waals surface area (Å²) in [6.45, 7) is 7.07. The summed E-state index contributed by atoms with van der Waals surface area (Å²) in [6, 6.07) is 14.1. The molecule has 2 aliphatic rings. The van der Waals surface area contributed by atoms with Gasteiger partial charge in [-0.05, 0) is 42.2 Å². The Labute approximate surface area is 186 Å². The number of amides is 1. The molecule has 0 aliphatic carbocycles. The molecule has 1 fully saturated rings. The molecule has 7 heteroatoms. The molecule has 4 rings (SSSR count). The predicted octanol–water partition coefficient (Wildman–Crippen LogP) is 3.91.